The number of carbonyl (C=O) groups is 1. The number of hydrogen-bond donors (Lipinski definition) is 1. The van der Waals surface area contributed by atoms with Crippen LogP contribution in [0.3, 0.4) is 0 Å². The molecule has 22 heavy (non-hydrogen) atoms. The third-order valence-corrected chi connectivity index (χ3v) is 4.12. The fourth-order valence-corrected chi connectivity index (χ4v) is 3.10. The van der Waals surface area contributed by atoms with E-state index in [2.05, 4.69) is 5.32 Å². The Morgan fingerprint density at radius 2 is 1.55 bits per heavy atom. The Hall–Kier alpha value is -2.60. The summed E-state index contributed by atoms with van der Waals surface area (Å²) in [5.41, 5.74) is 1.69. The molecular weight excluding hydrogens is 300 g/mol. The Labute approximate surface area is 132 Å². The van der Waals surface area contributed by atoms with Crippen LogP contribution in [0.5, 0.6) is 0 Å². The number of hydrogen-bond acceptors (Lipinski definition) is 4. The molecule has 110 valence electrons. The summed E-state index contributed by atoms with van der Waals surface area (Å²) in [5, 5.41) is 13.5. The van der Waals surface area contributed by atoms with E-state index in [0.717, 1.165) is 11.1 Å². The van der Waals surface area contributed by atoms with Gasteiger partial charge in [0, 0.05) is 12.1 Å². The normalized spacial score (nSPS) is 20.7. The molecule has 0 spiro atoms. The van der Waals surface area contributed by atoms with Crippen LogP contribution in [0.25, 0.3) is 0 Å². The van der Waals surface area contributed by atoms with Crippen LogP contribution >= 0.6 is 12.2 Å². The smallest absolute Gasteiger partial charge is 0.269 e. The van der Waals surface area contributed by atoms with E-state index in [9.17, 15) is 14.9 Å². The van der Waals surface area contributed by atoms with Crippen molar-refractivity contribution in [2.24, 2.45) is 0 Å². The molecule has 1 N–H and O–H groups in total. The minimum atomic E-state index is -0.450. The quantitative estimate of drug-likeness (QED) is 0.537. The van der Waals surface area contributed by atoms with E-state index >= 15 is 0 Å². The first-order chi connectivity index (χ1) is 10.6. The minimum absolute atomic E-state index is 0.0169. The predicted molar refractivity (Wildman–Crippen MR) is 85.8 cm³/mol. The van der Waals surface area contributed by atoms with Crippen LogP contribution in [-0.2, 0) is 4.79 Å². The lowest BCUT2D eigenvalue weighted by Crippen LogP contribution is -2.20. The maximum atomic E-state index is 12.2. The van der Waals surface area contributed by atoms with E-state index in [1.165, 1.54) is 12.1 Å². The first-order valence-electron chi connectivity index (χ1n) is 6.72. The summed E-state index contributed by atoms with van der Waals surface area (Å²) in [5.74, 6) is -0.847. The molecule has 2 atom stereocenters. The van der Waals surface area contributed by atoms with Crippen molar-refractivity contribution in [1.29, 1.82) is 0 Å². The van der Waals surface area contributed by atoms with Crippen LogP contribution in [-0.4, -0.2) is 15.8 Å². The third kappa shape index (κ3) is 2.48. The number of non-ortho nitro benzene ring substituents is 1. The molecule has 0 radical (unpaired) electrons. The van der Waals surface area contributed by atoms with Crippen molar-refractivity contribution < 1.29 is 9.72 Å². The van der Waals surface area contributed by atoms with E-state index in [-0.39, 0.29) is 17.5 Å². The number of nitrogens with zero attached hydrogens (tertiary/aromatic N) is 1. The van der Waals surface area contributed by atoms with Crippen molar-refractivity contribution >= 4 is 28.8 Å². The van der Waals surface area contributed by atoms with Gasteiger partial charge in [0.15, 0.2) is 0 Å². The number of nitro groups is 1. The van der Waals surface area contributed by atoms with Gasteiger partial charge in [-0.3, -0.25) is 14.9 Å². The van der Waals surface area contributed by atoms with Gasteiger partial charge in [-0.15, -0.1) is 0 Å². The number of nitro benzene ring substituents is 1. The molecule has 1 fully saturated rings. The lowest BCUT2D eigenvalue weighted by Gasteiger charge is -2.17. The molecule has 0 bridgehead atoms. The van der Waals surface area contributed by atoms with Crippen LogP contribution in [0.4, 0.5) is 5.69 Å². The third-order valence-electron chi connectivity index (χ3n) is 3.77. The van der Waals surface area contributed by atoms with E-state index < -0.39 is 10.8 Å². The largest absolute Gasteiger partial charge is 0.319 e. The number of nitrogens with one attached hydrogen (secondary N) is 1. The molecule has 0 aliphatic carbocycles. The first kappa shape index (κ1) is 14.3. The number of rotatable bonds is 3. The summed E-state index contributed by atoms with van der Waals surface area (Å²) in [6.45, 7) is 0. The molecule has 6 heteroatoms. The highest BCUT2D eigenvalue weighted by atomic mass is 32.1. The van der Waals surface area contributed by atoms with Gasteiger partial charge in [0.25, 0.3) is 5.69 Å². The highest BCUT2D eigenvalue weighted by molar-refractivity contribution is 7.80. The maximum Gasteiger partial charge on any atom is 0.269 e. The zero-order valence-corrected chi connectivity index (χ0v) is 12.2. The molecule has 3 rings (SSSR count). The predicted octanol–water partition coefficient (Wildman–Crippen LogP) is 2.92. The summed E-state index contributed by atoms with van der Waals surface area (Å²) < 4.78 is 0. The highest BCUT2D eigenvalue weighted by Crippen LogP contribution is 2.38. The van der Waals surface area contributed by atoms with Gasteiger partial charge in [-0.25, -0.2) is 0 Å². The van der Waals surface area contributed by atoms with Crippen molar-refractivity contribution in [3.8, 4) is 0 Å². The van der Waals surface area contributed by atoms with E-state index in [4.69, 9.17) is 12.2 Å². The molecule has 1 aliphatic rings. The SMILES string of the molecule is O=C1NC(=S)C(c2ccc([N+](=O)[O-])cc2)C1c1ccccc1. The van der Waals surface area contributed by atoms with Gasteiger partial charge in [-0.1, -0.05) is 54.7 Å². The van der Waals surface area contributed by atoms with Gasteiger partial charge in [-0.2, -0.15) is 0 Å². The second-order valence-electron chi connectivity index (χ2n) is 5.07. The van der Waals surface area contributed by atoms with Crippen molar-refractivity contribution in [3.63, 3.8) is 0 Å². The average Bonchev–Trinajstić information content (AvgIpc) is 2.82. The summed E-state index contributed by atoms with van der Waals surface area (Å²) in [7, 11) is 0. The van der Waals surface area contributed by atoms with Crippen molar-refractivity contribution in [2.45, 2.75) is 11.8 Å². The molecule has 1 saturated heterocycles. The summed E-state index contributed by atoms with van der Waals surface area (Å²) in [4.78, 5) is 23.0. The molecule has 0 aromatic heterocycles. The average molecular weight is 312 g/mol. The second-order valence-corrected chi connectivity index (χ2v) is 5.51. The van der Waals surface area contributed by atoms with Gasteiger partial charge in [-0.05, 0) is 11.1 Å². The molecule has 2 aromatic rings. The zero-order chi connectivity index (χ0) is 15.7. The Balaban J connectivity index is 2.01. The van der Waals surface area contributed by atoms with Crippen LogP contribution < -0.4 is 5.32 Å². The molecule has 0 saturated carbocycles. The van der Waals surface area contributed by atoms with Crippen molar-refractivity contribution in [2.75, 3.05) is 0 Å². The Morgan fingerprint density at radius 3 is 2.14 bits per heavy atom. The minimum Gasteiger partial charge on any atom is -0.319 e. The van der Waals surface area contributed by atoms with Crippen LogP contribution in [0.15, 0.2) is 54.6 Å². The van der Waals surface area contributed by atoms with Gasteiger partial charge in [0.2, 0.25) is 5.91 Å². The Bertz CT molecular complexity index is 744. The summed E-state index contributed by atoms with van der Waals surface area (Å²) in [6, 6.07) is 15.6. The maximum absolute atomic E-state index is 12.2. The van der Waals surface area contributed by atoms with E-state index in [0.29, 0.717) is 4.99 Å². The standard InChI is InChI=1S/C16H12N2O3S/c19-15-13(10-4-2-1-3-5-10)14(16(22)17-15)11-6-8-12(9-7-11)18(20)21/h1-9,13-14H,(H,17,19,22). The summed E-state index contributed by atoms with van der Waals surface area (Å²) in [6.07, 6.45) is 0. The monoisotopic (exact) mass is 312 g/mol. The Kier molecular flexibility index (Phi) is 3.68. The number of benzene rings is 2. The van der Waals surface area contributed by atoms with Gasteiger partial charge in [0.1, 0.15) is 0 Å². The number of carbonyl (C=O) groups excluding carboxylic acids is 1. The first-order valence-corrected chi connectivity index (χ1v) is 7.13. The van der Waals surface area contributed by atoms with Crippen molar-refractivity contribution in [1.82, 2.24) is 5.32 Å². The van der Waals surface area contributed by atoms with Gasteiger partial charge < -0.3 is 5.32 Å². The molecule has 1 aliphatic heterocycles. The van der Waals surface area contributed by atoms with E-state index in [1.54, 1.807) is 12.1 Å². The molecular formula is C16H12N2O3S. The van der Waals surface area contributed by atoms with Crippen LogP contribution in [0.2, 0.25) is 0 Å². The zero-order valence-electron chi connectivity index (χ0n) is 11.4. The van der Waals surface area contributed by atoms with Crippen LogP contribution in [0.1, 0.15) is 23.0 Å². The fraction of sp³-hybridized carbons (Fsp3) is 0.125. The molecule has 5 nitrogen and oxygen atoms in total. The Morgan fingerprint density at radius 1 is 0.955 bits per heavy atom. The molecule has 2 aromatic carbocycles. The molecule has 1 heterocycles. The lowest BCUT2D eigenvalue weighted by molar-refractivity contribution is -0.384. The van der Waals surface area contributed by atoms with Crippen LogP contribution in [0, 0.1) is 10.1 Å². The second kappa shape index (κ2) is 5.65. The molecule has 1 amide bonds. The van der Waals surface area contributed by atoms with Gasteiger partial charge >= 0.3 is 0 Å². The number of amides is 1. The van der Waals surface area contributed by atoms with Gasteiger partial charge in [0.05, 0.1) is 21.7 Å². The number of thiocarbonyl (C=S) groups is 1. The fourth-order valence-electron chi connectivity index (χ4n) is 2.73. The molecule has 2 unspecified atom stereocenters. The summed E-state index contributed by atoms with van der Waals surface area (Å²) >= 11 is 5.30. The lowest BCUT2D eigenvalue weighted by atomic mass is 9.83. The van der Waals surface area contributed by atoms with Crippen molar-refractivity contribution in [3.05, 3.63) is 75.8 Å². The highest BCUT2D eigenvalue weighted by Gasteiger charge is 2.40. The van der Waals surface area contributed by atoms with E-state index in [1.807, 2.05) is 30.3 Å². The topological polar surface area (TPSA) is 72.2 Å².